The Morgan fingerprint density at radius 1 is 0.571 bits per heavy atom. The molecule has 1 fully saturated rings. The zero-order valence-electron chi connectivity index (χ0n) is 33.9. The van der Waals surface area contributed by atoms with Crippen LogP contribution >= 0.6 is 7.82 Å². The minimum atomic E-state index is -5.13. The molecule has 0 bridgehead atoms. The van der Waals surface area contributed by atoms with Crippen LogP contribution in [0, 0.1) is 0 Å². The van der Waals surface area contributed by atoms with Gasteiger partial charge in [0, 0.05) is 12.8 Å². The van der Waals surface area contributed by atoms with Crippen LogP contribution in [0.15, 0.2) is 48.6 Å². The maximum atomic E-state index is 12.8. The minimum absolute atomic E-state index is 0.0123. The molecule has 0 amide bonds. The number of aliphatic hydroxyl groups is 5. The maximum Gasteiger partial charge on any atom is 0.472 e. The third-order valence-corrected chi connectivity index (χ3v) is 10.4. The molecule has 0 radical (unpaired) electrons. The molecule has 14 heteroatoms. The lowest BCUT2D eigenvalue weighted by molar-refractivity contribution is -0.220. The fourth-order valence-electron chi connectivity index (χ4n) is 6.02. The second-order valence-electron chi connectivity index (χ2n) is 14.5. The SMILES string of the molecule is CC/C=C/C/C=C/CCCCCCCCCC(=O)OCC(COP(=O)(O)OC1C(O)C(O)C(O)[C@H](O)C1O)OC(=O)CC/C=C/C/C=C/CCCCCCCC. The van der Waals surface area contributed by atoms with Gasteiger partial charge in [0.25, 0.3) is 0 Å². The van der Waals surface area contributed by atoms with E-state index in [1.165, 1.54) is 38.5 Å². The molecule has 1 rings (SSSR count). The first-order valence-corrected chi connectivity index (χ1v) is 22.4. The van der Waals surface area contributed by atoms with Crippen molar-refractivity contribution in [2.75, 3.05) is 13.2 Å². The van der Waals surface area contributed by atoms with Gasteiger partial charge in [-0.1, -0.05) is 127 Å². The molecule has 0 spiro atoms. The van der Waals surface area contributed by atoms with E-state index in [9.17, 15) is 44.6 Å². The molecule has 1 aliphatic rings. The number of carbonyl (C=O) groups is 2. The number of phosphoric ester groups is 1. The highest BCUT2D eigenvalue weighted by Crippen LogP contribution is 2.47. The highest BCUT2D eigenvalue weighted by atomic mass is 31.2. The van der Waals surface area contributed by atoms with Crippen LogP contribution in [0.5, 0.6) is 0 Å². The summed E-state index contributed by atoms with van der Waals surface area (Å²) < 4.78 is 33.3. The lowest BCUT2D eigenvalue weighted by Crippen LogP contribution is -2.64. The van der Waals surface area contributed by atoms with E-state index >= 15 is 0 Å². The Bertz CT molecular complexity index is 1170. The molecule has 324 valence electrons. The maximum absolute atomic E-state index is 12.8. The van der Waals surface area contributed by atoms with E-state index in [4.69, 9.17) is 18.5 Å². The first kappa shape index (κ1) is 51.8. The molecule has 1 saturated carbocycles. The average molecular weight is 817 g/mol. The highest BCUT2D eigenvalue weighted by Gasteiger charge is 2.51. The van der Waals surface area contributed by atoms with Crippen LogP contribution in [0.1, 0.15) is 149 Å². The number of allylic oxidation sites excluding steroid dienone is 8. The molecule has 0 aliphatic heterocycles. The molecular weight excluding hydrogens is 743 g/mol. The number of aliphatic hydroxyl groups excluding tert-OH is 5. The van der Waals surface area contributed by atoms with E-state index in [0.29, 0.717) is 12.8 Å². The second-order valence-corrected chi connectivity index (χ2v) is 15.9. The summed E-state index contributed by atoms with van der Waals surface area (Å²) in [7, 11) is -5.13. The fourth-order valence-corrected chi connectivity index (χ4v) is 7.00. The van der Waals surface area contributed by atoms with Gasteiger partial charge in [-0.15, -0.1) is 0 Å². The number of carbonyl (C=O) groups excluding carboxylic acids is 2. The van der Waals surface area contributed by atoms with Crippen molar-refractivity contribution in [3.63, 3.8) is 0 Å². The molecule has 0 heterocycles. The Balaban J connectivity index is 2.55. The van der Waals surface area contributed by atoms with Gasteiger partial charge in [0.2, 0.25) is 0 Å². The molecule has 8 atom stereocenters. The van der Waals surface area contributed by atoms with Crippen molar-refractivity contribution in [3.05, 3.63) is 48.6 Å². The first-order chi connectivity index (χ1) is 26.9. The topological polar surface area (TPSA) is 210 Å². The summed E-state index contributed by atoms with van der Waals surface area (Å²) in [5.74, 6) is -1.19. The standard InChI is InChI=1S/C42H73O13P/c1-3-5-7-9-11-13-15-17-19-20-22-24-26-28-30-35(43)52-32-34(33-53-56(50,51)55-42-40(48)38(46)37(45)39(47)41(42)49)54-36(44)31-29-27-25-23-21-18-16-14-12-10-8-6-4-2/h5,7,11,13,18,21,25,27,34,37-42,45-49H,3-4,6,8-10,12,14-17,19-20,22-24,26,28-33H2,1-2H3,(H,50,51)/b7-5+,13-11+,21-18+,27-25+/t34?,37?,38-,39?,40?,41?,42?/m0/s1. The number of esters is 2. The zero-order valence-corrected chi connectivity index (χ0v) is 34.8. The van der Waals surface area contributed by atoms with Crippen molar-refractivity contribution in [1.82, 2.24) is 0 Å². The Kier molecular flexibility index (Phi) is 30.3. The van der Waals surface area contributed by atoms with Crippen molar-refractivity contribution >= 4 is 19.8 Å². The number of hydrogen-bond donors (Lipinski definition) is 6. The summed E-state index contributed by atoms with van der Waals surface area (Å²) in [4.78, 5) is 35.5. The molecule has 6 N–H and O–H groups in total. The largest absolute Gasteiger partial charge is 0.472 e. The number of unbranched alkanes of at least 4 members (excludes halogenated alkanes) is 13. The van der Waals surface area contributed by atoms with Gasteiger partial charge in [-0.25, -0.2) is 4.57 Å². The van der Waals surface area contributed by atoms with Crippen molar-refractivity contribution in [2.45, 2.75) is 191 Å². The molecule has 1 aliphatic carbocycles. The second kappa shape index (κ2) is 32.7. The van der Waals surface area contributed by atoms with E-state index in [-0.39, 0.29) is 12.8 Å². The number of rotatable bonds is 33. The van der Waals surface area contributed by atoms with E-state index in [1.54, 1.807) is 0 Å². The predicted molar refractivity (Wildman–Crippen MR) is 216 cm³/mol. The summed E-state index contributed by atoms with van der Waals surface area (Å²) in [6.45, 7) is 3.10. The van der Waals surface area contributed by atoms with Crippen LogP contribution in [0.3, 0.4) is 0 Å². The monoisotopic (exact) mass is 816 g/mol. The van der Waals surface area contributed by atoms with Crippen LogP contribution in [0.25, 0.3) is 0 Å². The Hall–Kier alpha value is -2.19. The van der Waals surface area contributed by atoms with Gasteiger partial charge < -0.3 is 39.9 Å². The van der Waals surface area contributed by atoms with Crippen molar-refractivity contribution in [2.24, 2.45) is 0 Å². The number of ether oxygens (including phenoxy) is 2. The summed E-state index contributed by atoms with van der Waals surface area (Å²) in [6.07, 6.45) is 23.4. The number of hydrogen-bond acceptors (Lipinski definition) is 12. The number of phosphoric acid groups is 1. The van der Waals surface area contributed by atoms with Gasteiger partial charge >= 0.3 is 19.8 Å². The third-order valence-electron chi connectivity index (χ3n) is 9.42. The van der Waals surface area contributed by atoms with Gasteiger partial charge in [-0.05, 0) is 57.8 Å². The lowest BCUT2D eigenvalue weighted by atomic mass is 9.85. The Labute approximate surface area is 335 Å². The minimum Gasteiger partial charge on any atom is -0.462 e. The van der Waals surface area contributed by atoms with Gasteiger partial charge in [0.1, 0.15) is 43.2 Å². The smallest absolute Gasteiger partial charge is 0.462 e. The summed E-state index contributed by atoms with van der Waals surface area (Å²) >= 11 is 0. The average Bonchev–Trinajstić information content (AvgIpc) is 3.18. The molecular formula is C42H73O13P. The molecule has 13 nitrogen and oxygen atoms in total. The van der Waals surface area contributed by atoms with E-state index in [1.807, 2.05) is 12.2 Å². The molecule has 0 aromatic carbocycles. The van der Waals surface area contributed by atoms with Gasteiger partial charge in [0.05, 0.1) is 6.61 Å². The van der Waals surface area contributed by atoms with Crippen LogP contribution in [0.2, 0.25) is 0 Å². The quantitative estimate of drug-likeness (QED) is 0.0168. The molecule has 0 saturated heterocycles. The van der Waals surface area contributed by atoms with Gasteiger partial charge in [-0.2, -0.15) is 0 Å². The summed E-state index contributed by atoms with van der Waals surface area (Å²) in [6, 6.07) is 0. The van der Waals surface area contributed by atoms with Crippen LogP contribution < -0.4 is 0 Å². The van der Waals surface area contributed by atoms with Crippen molar-refractivity contribution < 1.29 is 63.1 Å². The van der Waals surface area contributed by atoms with Crippen LogP contribution in [0.4, 0.5) is 0 Å². The van der Waals surface area contributed by atoms with E-state index < -0.39 is 75.7 Å². The Morgan fingerprint density at radius 2 is 1.05 bits per heavy atom. The fraction of sp³-hybridized carbons (Fsp3) is 0.762. The molecule has 7 unspecified atom stereocenters. The molecule has 56 heavy (non-hydrogen) atoms. The Morgan fingerprint density at radius 3 is 1.61 bits per heavy atom. The van der Waals surface area contributed by atoms with E-state index in [0.717, 1.165) is 70.6 Å². The third kappa shape index (κ3) is 25.2. The van der Waals surface area contributed by atoms with Gasteiger partial charge in [-0.3, -0.25) is 18.6 Å². The lowest BCUT2D eigenvalue weighted by Gasteiger charge is -2.41. The first-order valence-electron chi connectivity index (χ1n) is 20.9. The zero-order chi connectivity index (χ0) is 41.4. The van der Waals surface area contributed by atoms with Crippen LogP contribution in [-0.2, 0) is 32.7 Å². The van der Waals surface area contributed by atoms with Crippen molar-refractivity contribution in [1.29, 1.82) is 0 Å². The van der Waals surface area contributed by atoms with Gasteiger partial charge in [0.15, 0.2) is 6.10 Å². The molecule has 0 aromatic heterocycles. The van der Waals surface area contributed by atoms with E-state index in [2.05, 4.69) is 50.3 Å². The highest BCUT2D eigenvalue weighted by molar-refractivity contribution is 7.47. The predicted octanol–water partition coefficient (Wildman–Crippen LogP) is 7.22. The molecule has 0 aromatic rings. The summed E-state index contributed by atoms with van der Waals surface area (Å²) in [5.41, 5.74) is 0. The normalized spacial score (nSPS) is 23.4. The summed E-state index contributed by atoms with van der Waals surface area (Å²) in [5, 5.41) is 50.0. The van der Waals surface area contributed by atoms with Crippen LogP contribution in [-0.4, -0.2) is 98.3 Å². The van der Waals surface area contributed by atoms with Crippen molar-refractivity contribution in [3.8, 4) is 0 Å².